The van der Waals surface area contributed by atoms with E-state index < -0.39 is 9.84 Å². The number of hydrogen-bond acceptors (Lipinski definition) is 3. The number of halogens is 1. The van der Waals surface area contributed by atoms with Crippen LogP contribution in [0.2, 0.25) is 0 Å². The molecular weight excluding hydrogens is 289 g/mol. The van der Waals surface area contributed by atoms with Gasteiger partial charge in [0.2, 0.25) is 0 Å². The van der Waals surface area contributed by atoms with Crippen LogP contribution in [0.5, 0.6) is 0 Å². The quantitative estimate of drug-likeness (QED) is 0.886. The molecule has 2 aromatic carbocycles. The minimum atomic E-state index is -3.31. The summed E-state index contributed by atoms with van der Waals surface area (Å²) >= 11 is 0. The predicted molar refractivity (Wildman–Crippen MR) is 82.5 cm³/mol. The molecule has 2 aromatic rings. The third kappa shape index (κ3) is 3.82. The van der Waals surface area contributed by atoms with E-state index in [9.17, 15) is 12.8 Å². The number of sulfone groups is 1. The van der Waals surface area contributed by atoms with Gasteiger partial charge in [0.1, 0.15) is 5.82 Å². The van der Waals surface area contributed by atoms with Crippen LogP contribution < -0.4 is 5.32 Å². The van der Waals surface area contributed by atoms with Crippen LogP contribution in [-0.4, -0.2) is 14.2 Å². The fourth-order valence-corrected chi connectivity index (χ4v) is 3.61. The molecule has 0 bridgehead atoms. The van der Waals surface area contributed by atoms with E-state index in [0.29, 0.717) is 17.7 Å². The second-order valence-electron chi connectivity index (χ2n) is 4.76. The third-order valence-electron chi connectivity index (χ3n) is 3.12. The maximum atomic E-state index is 13.6. The van der Waals surface area contributed by atoms with E-state index in [1.165, 1.54) is 6.07 Å². The van der Waals surface area contributed by atoms with Crippen molar-refractivity contribution in [3.8, 4) is 0 Å². The smallest absolute Gasteiger partial charge is 0.180 e. The van der Waals surface area contributed by atoms with Gasteiger partial charge in [-0.05, 0) is 24.6 Å². The molecule has 0 unspecified atom stereocenters. The third-order valence-corrected chi connectivity index (χ3v) is 5.09. The van der Waals surface area contributed by atoms with Gasteiger partial charge in [-0.15, -0.1) is 0 Å². The monoisotopic (exact) mass is 307 g/mol. The number of para-hydroxylation sites is 1. The lowest BCUT2D eigenvalue weighted by Gasteiger charge is -2.12. The van der Waals surface area contributed by atoms with Crippen LogP contribution >= 0.6 is 0 Å². The largest absolute Gasteiger partial charge is 0.380 e. The van der Waals surface area contributed by atoms with Gasteiger partial charge < -0.3 is 5.32 Å². The number of nitrogens with one attached hydrogen (secondary N) is 1. The number of benzene rings is 2. The molecule has 1 N–H and O–H groups in total. The van der Waals surface area contributed by atoms with Crippen molar-refractivity contribution >= 4 is 15.5 Å². The first kappa shape index (κ1) is 15.5. The molecule has 0 atom stereocenters. The van der Waals surface area contributed by atoms with Crippen LogP contribution in [0.1, 0.15) is 18.9 Å². The van der Waals surface area contributed by atoms with Crippen molar-refractivity contribution in [2.45, 2.75) is 24.8 Å². The Morgan fingerprint density at radius 2 is 1.71 bits per heavy atom. The molecule has 0 saturated carbocycles. The molecule has 2 rings (SSSR count). The molecule has 5 heteroatoms. The Kier molecular flexibility index (Phi) is 4.96. The number of hydrogen-bond donors (Lipinski definition) is 1. The minimum absolute atomic E-state index is 0.103. The van der Waals surface area contributed by atoms with Crippen LogP contribution in [0, 0.1) is 5.82 Å². The SMILES string of the molecule is CCCS(=O)(=O)c1ccccc1NCc1ccccc1F. The van der Waals surface area contributed by atoms with Crippen LogP contribution in [0.15, 0.2) is 53.4 Å². The summed E-state index contributed by atoms with van der Waals surface area (Å²) in [6.45, 7) is 2.07. The summed E-state index contributed by atoms with van der Waals surface area (Å²) in [5.41, 5.74) is 1.01. The Morgan fingerprint density at radius 3 is 2.43 bits per heavy atom. The van der Waals surface area contributed by atoms with E-state index in [1.54, 1.807) is 42.5 Å². The Bertz CT molecular complexity index is 714. The molecule has 0 aliphatic rings. The Morgan fingerprint density at radius 1 is 1.05 bits per heavy atom. The topological polar surface area (TPSA) is 46.2 Å². The lowest BCUT2D eigenvalue weighted by molar-refractivity contribution is 0.595. The van der Waals surface area contributed by atoms with E-state index in [-0.39, 0.29) is 23.0 Å². The second kappa shape index (κ2) is 6.72. The summed E-state index contributed by atoms with van der Waals surface area (Å²) in [7, 11) is -3.31. The van der Waals surface area contributed by atoms with Gasteiger partial charge >= 0.3 is 0 Å². The standard InChI is InChI=1S/C16H18FNO2S/c1-2-11-21(19,20)16-10-6-5-9-15(16)18-12-13-7-3-4-8-14(13)17/h3-10,18H,2,11-12H2,1H3. The summed E-state index contributed by atoms with van der Waals surface area (Å²) in [6.07, 6.45) is 0.560. The van der Waals surface area contributed by atoms with Gasteiger partial charge in [-0.25, -0.2) is 12.8 Å². The van der Waals surface area contributed by atoms with Gasteiger partial charge in [0.25, 0.3) is 0 Å². The molecule has 0 heterocycles. The maximum absolute atomic E-state index is 13.6. The lowest BCUT2D eigenvalue weighted by atomic mass is 10.2. The summed E-state index contributed by atoms with van der Waals surface area (Å²) in [4.78, 5) is 0.267. The van der Waals surface area contributed by atoms with Gasteiger partial charge in [-0.1, -0.05) is 37.3 Å². The van der Waals surface area contributed by atoms with E-state index in [2.05, 4.69) is 5.32 Å². The van der Waals surface area contributed by atoms with Gasteiger partial charge in [0.05, 0.1) is 16.3 Å². The van der Waals surface area contributed by atoms with E-state index in [0.717, 1.165) is 0 Å². The van der Waals surface area contributed by atoms with Crippen molar-refractivity contribution in [1.82, 2.24) is 0 Å². The van der Waals surface area contributed by atoms with Gasteiger partial charge in [-0.3, -0.25) is 0 Å². The molecule has 3 nitrogen and oxygen atoms in total. The number of anilines is 1. The molecule has 21 heavy (non-hydrogen) atoms. The molecule has 0 aliphatic heterocycles. The summed E-state index contributed by atoms with van der Waals surface area (Å²) < 4.78 is 38.0. The van der Waals surface area contributed by atoms with Crippen molar-refractivity contribution in [2.24, 2.45) is 0 Å². The molecule has 0 saturated heterocycles. The van der Waals surface area contributed by atoms with Crippen LogP contribution in [0.25, 0.3) is 0 Å². The van der Waals surface area contributed by atoms with Crippen LogP contribution in [-0.2, 0) is 16.4 Å². The van der Waals surface area contributed by atoms with E-state index in [4.69, 9.17) is 0 Å². The number of rotatable bonds is 6. The van der Waals surface area contributed by atoms with Crippen molar-refractivity contribution in [3.63, 3.8) is 0 Å². The highest BCUT2D eigenvalue weighted by Gasteiger charge is 2.17. The molecule has 0 fully saturated rings. The molecule has 0 radical (unpaired) electrons. The Balaban J connectivity index is 2.24. The maximum Gasteiger partial charge on any atom is 0.180 e. The summed E-state index contributed by atoms with van der Waals surface area (Å²) in [5.74, 6) is -0.204. The van der Waals surface area contributed by atoms with Crippen LogP contribution in [0.4, 0.5) is 10.1 Å². The highest BCUT2D eigenvalue weighted by molar-refractivity contribution is 7.91. The van der Waals surface area contributed by atoms with E-state index in [1.807, 2.05) is 6.92 Å². The molecular formula is C16H18FNO2S. The highest BCUT2D eigenvalue weighted by atomic mass is 32.2. The van der Waals surface area contributed by atoms with Gasteiger partial charge in [-0.2, -0.15) is 0 Å². The van der Waals surface area contributed by atoms with Crippen molar-refractivity contribution < 1.29 is 12.8 Å². The van der Waals surface area contributed by atoms with Crippen molar-refractivity contribution in [2.75, 3.05) is 11.1 Å². The Labute approximate surface area is 124 Å². The zero-order valence-corrected chi connectivity index (χ0v) is 12.7. The molecule has 112 valence electrons. The average molecular weight is 307 g/mol. The van der Waals surface area contributed by atoms with Crippen LogP contribution in [0.3, 0.4) is 0 Å². The fourth-order valence-electron chi connectivity index (χ4n) is 2.09. The van der Waals surface area contributed by atoms with Gasteiger partial charge in [0, 0.05) is 12.1 Å². The zero-order chi connectivity index (χ0) is 15.3. The highest BCUT2D eigenvalue weighted by Crippen LogP contribution is 2.23. The molecule has 0 aromatic heterocycles. The lowest BCUT2D eigenvalue weighted by Crippen LogP contribution is -2.10. The minimum Gasteiger partial charge on any atom is -0.380 e. The normalized spacial score (nSPS) is 11.3. The predicted octanol–water partition coefficient (Wildman–Crippen LogP) is 3.62. The molecule has 0 aliphatic carbocycles. The molecule has 0 spiro atoms. The first-order chi connectivity index (χ1) is 10.0. The van der Waals surface area contributed by atoms with Crippen molar-refractivity contribution in [1.29, 1.82) is 0 Å². The van der Waals surface area contributed by atoms with Gasteiger partial charge in [0.15, 0.2) is 9.84 Å². The van der Waals surface area contributed by atoms with Crippen molar-refractivity contribution in [3.05, 3.63) is 59.9 Å². The summed E-state index contributed by atoms with van der Waals surface area (Å²) in [5, 5.41) is 3.02. The summed E-state index contributed by atoms with van der Waals surface area (Å²) in [6, 6.07) is 13.2. The fraction of sp³-hybridized carbons (Fsp3) is 0.250. The second-order valence-corrected chi connectivity index (χ2v) is 6.84. The zero-order valence-electron chi connectivity index (χ0n) is 11.8. The molecule has 0 amide bonds. The average Bonchev–Trinajstić information content (AvgIpc) is 2.47. The van der Waals surface area contributed by atoms with E-state index >= 15 is 0 Å². The first-order valence-electron chi connectivity index (χ1n) is 6.83. The Hall–Kier alpha value is -1.88. The first-order valence-corrected chi connectivity index (χ1v) is 8.49.